The fourth-order valence-electron chi connectivity index (χ4n) is 5.17. The molecule has 2 aromatic heterocycles. The van der Waals surface area contributed by atoms with Gasteiger partial charge in [0.25, 0.3) is 5.91 Å². The van der Waals surface area contributed by atoms with Gasteiger partial charge in [0.2, 0.25) is 0 Å². The smallest absolute Gasteiger partial charge is 0.359 e. The number of alkyl halides is 1. The molecular weight excluding hydrogens is 561 g/mol. The number of morpholine rings is 1. The van der Waals surface area contributed by atoms with Gasteiger partial charge in [0.05, 0.1) is 25.3 Å². The van der Waals surface area contributed by atoms with Crippen molar-refractivity contribution in [2.75, 3.05) is 63.5 Å². The second kappa shape index (κ2) is 13.6. The number of ether oxygens (including phenoxy) is 2. The van der Waals surface area contributed by atoms with Gasteiger partial charge in [-0.2, -0.15) is 0 Å². The molecule has 2 aromatic carbocycles. The molecule has 0 saturated carbocycles. The Hall–Kier alpha value is -4.96. The number of rotatable bonds is 10. The second-order valence-corrected chi connectivity index (χ2v) is 10.6. The van der Waals surface area contributed by atoms with Crippen LogP contribution in [0.2, 0.25) is 0 Å². The van der Waals surface area contributed by atoms with Crippen molar-refractivity contribution in [3.8, 4) is 0 Å². The quantitative estimate of drug-likeness (QED) is 0.180. The van der Waals surface area contributed by atoms with E-state index < -0.39 is 12.6 Å². The maximum atomic E-state index is 14.6. The van der Waals surface area contributed by atoms with E-state index in [2.05, 4.69) is 26.8 Å². The summed E-state index contributed by atoms with van der Waals surface area (Å²) in [5.74, 6) is -0.853. The number of allylic oxidation sites excluding steroid dienone is 4. The first-order valence-electron chi connectivity index (χ1n) is 14.5. The lowest BCUT2D eigenvalue weighted by atomic mass is 10.0. The predicted molar refractivity (Wildman–Crippen MR) is 173 cm³/mol. The number of aromatic amines is 1. The zero-order valence-electron chi connectivity index (χ0n) is 25.2. The third-order valence-electron chi connectivity index (χ3n) is 7.46. The molecule has 1 aliphatic heterocycles. The van der Waals surface area contributed by atoms with Crippen molar-refractivity contribution < 1.29 is 23.5 Å². The molecule has 5 rings (SSSR count). The second-order valence-electron chi connectivity index (χ2n) is 10.6. The van der Waals surface area contributed by atoms with Gasteiger partial charge in [-0.3, -0.25) is 4.79 Å². The van der Waals surface area contributed by atoms with Crippen LogP contribution in [0.25, 0.3) is 27.4 Å². The molecule has 0 bridgehead atoms. The number of anilines is 2. The molecule has 1 aliphatic rings. The number of benzene rings is 2. The van der Waals surface area contributed by atoms with Gasteiger partial charge in [0, 0.05) is 77.9 Å². The number of aromatic nitrogens is 2. The number of fused-ring (bicyclic) bond motifs is 3. The van der Waals surface area contributed by atoms with E-state index in [1.165, 1.54) is 6.20 Å². The number of carbonyl (C=O) groups excluding carboxylic acids is 2. The van der Waals surface area contributed by atoms with Crippen LogP contribution in [0.15, 0.2) is 79.2 Å². The summed E-state index contributed by atoms with van der Waals surface area (Å²) in [6, 6.07) is 13.2. The maximum Gasteiger partial charge on any atom is 0.359 e. The molecular formula is C34H36FN5O4. The molecule has 1 amide bonds. The Morgan fingerprint density at radius 1 is 1.18 bits per heavy atom. The molecule has 44 heavy (non-hydrogen) atoms. The van der Waals surface area contributed by atoms with Gasteiger partial charge in [-0.25, -0.2) is 14.2 Å². The summed E-state index contributed by atoms with van der Waals surface area (Å²) < 4.78 is 25.3. The number of esters is 1. The number of hydrogen-bond donors (Lipinski definition) is 2. The van der Waals surface area contributed by atoms with Crippen LogP contribution >= 0.6 is 0 Å². The Balaban J connectivity index is 1.45. The molecule has 0 unspecified atom stereocenters. The van der Waals surface area contributed by atoms with Crippen molar-refractivity contribution in [3.05, 3.63) is 96.0 Å². The summed E-state index contributed by atoms with van der Waals surface area (Å²) in [6.45, 7) is 7.93. The van der Waals surface area contributed by atoms with Gasteiger partial charge >= 0.3 is 5.97 Å². The minimum atomic E-state index is -0.782. The number of halogens is 1. The fourth-order valence-corrected chi connectivity index (χ4v) is 5.17. The van der Waals surface area contributed by atoms with E-state index in [-0.39, 0.29) is 18.2 Å². The molecule has 9 nitrogen and oxygen atoms in total. The third-order valence-corrected chi connectivity index (χ3v) is 7.46. The number of H-pyrrole nitrogens is 1. The zero-order valence-corrected chi connectivity index (χ0v) is 25.2. The van der Waals surface area contributed by atoms with Crippen LogP contribution < -0.4 is 15.1 Å². The summed E-state index contributed by atoms with van der Waals surface area (Å²) in [4.78, 5) is 37.4. The molecule has 1 saturated heterocycles. The standard InChI is InChI=1S/C34H36FN5O4/c1-5-44-34(42)32-31-30(27-14-13-26(19-29(27)38-31)40-15-17-43-18-16-40)28(21-36-32)24(20-35)8-6-7-22(2)37-33(41)23-9-11-25(12-10-23)39(3)4/h6-14,19,21,38H,2,5,15-18,20H2,1,3-4H3,(H,37,41)/b7-6-,24-8+. The van der Waals surface area contributed by atoms with Crippen molar-refractivity contribution in [1.29, 1.82) is 0 Å². The largest absolute Gasteiger partial charge is 0.461 e. The van der Waals surface area contributed by atoms with Crippen molar-refractivity contribution in [1.82, 2.24) is 15.3 Å². The predicted octanol–water partition coefficient (Wildman–Crippen LogP) is 5.65. The Kier molecular flexibility index (Phi) is 9.40. The number of nitrogens with one attached hydrogen (secondary N) is 2. The highest BCUT2D eigenvalue weighted by atomic mass is 19.1. The van der Waals surface area contributed by atoms with Crippen LogP contribution in [0.3, 0.4) is 0 Å². The molecule has 2 N–H and O–H groups in total. The van der Waals surface area contributed by atoms with Crippen LogP contribution in [0.4, 0.5) is 15.8 Å². The SMILES string of the molecule is C=C(/C=C\C=C(/CF)c1cnc(C(=O)OCC)c2[nH]c3cc(N4CCOCC4)ccc3c12)NC(=O)c1ccc(N(C)C)cc1. The van der Waals surface area contributed by atoms with Crippen LogP contribution in [0, 0.1) is 0 Å². The number of hydrogen-bond acceptors (Lipinski definition) is 7. The monoisotopic (exact) mass is 597 g/mol. The van der Waals surface area contributed by atoms with Gasteiger partial charge < -0.3 is 29.6 Å². The van der Waals surface area contributed by atoms with E-state index >= 15 is 0 Å². The van der Waals surface area contributed by atoms with Crippen molar-refractivity contribution >= 4 is 50.6 Å². The lowest BCUT2D eigenvalue weighted by Crippen LogP contribution is -2.36. The highest BCUT2D eigenvalue weighted by molar-refractivity contribution is 6.17. The average molecular weight is 598 g/mol. The molecule has 0 spiro atoms. The van der Waals surface area contributed by atoms with E-state index in [0.29, 0.717) is 46.5 Å². The van der Waals surface area contributed by atoms with Crippen molar-refractivity contribution in [3.63, 3.8) is 0 Å². The number of nitrogens with zero attached hydrogens (tertiary/aromatic N) is 3. The first-order valence-corrected chi connectivity index (χ1v) is 14.5. The summed E-state index contributed by atoms with van der Waals surface area (Å²) >= 11 is 0. The summed E-state index contributed by atoms with van der Waals surface area (Å²) in [5.41, 5.74) is 5.17. The van der Waals surface area contributed by atoms with E-state index in [4.69, 9.17) is 9.47 Å². The van der Waals surface area contributed by atoms with E-state index in [1.54, 1.807) is 37.3 Å². The number of pyridine rings is 1. The van der Waals surface area contributed by atoms with Gasteiger partial charge in [-0.1, -0.05) is 24.8 Å². The highest BCUT2D eigenvalue weighted by Crippen LogP contribution is 2.35. The molecule has 4 aromatic rings. The fraction of sp³-hybridized carbons (Fsp3) is 0.265. The first kappa shape index (κ1) is 30.5. The normalized spacial score (nSPS) is 13.9. The van der Waals surface area contributed by atoms with E-state index in [9.17, 15) is 14.0 Å². The van der Waals surface area contributed by atoms with Crippen LogP contribution in [-0.4, -0.2) is 75.5 Å². The van der Waals surface area contributed by atoms with Gasteiger partial charge in [0.1, 0.15) is 6.67 Å². The van der Waals surface area contributed by atoms with Gasteiger partial charge in [-0.05, 0) is 55.0 Å². The molecule has 0 radical (unpaired) electrons. The van der Waals surface area contributed by atoms with E-state index in [1.807, 2.05) is 49.3 Å². The Morgan fingerprint density at radius 2 is 1.93 bits per heavy atom. The molecule has 0 atom stereocenters. The minimum absolute atomic E-state index is 0.137. The van der Waals surface area contributed by atoms with Crippen LogP contribution in [0.1, 0.15) is 33.3 Å². The van der Waals surface area contributed by atoms with Gasteiger partial charge in [-0.15, -0.1) is 0 Å². The molecule has 3 heterocycles. The number of carbonyl (C=O) groups is 2. The highest BCUT2D eigenvalue weighted by Gasteiger charge is 2.22. The van der Waals surface area contributed by atoms with Crippen molar-refractivity contribution in [2.45, 2.75) is 6.92 Å². The number of amides is 1. The Labute approximate surface area is 255 Å². The van der Waals surface area contributed by atoms with E-state index in [0.717, 1.165) is 35.4 Å². The molecule has 0 aliphatic carbocycles. The minimum Gasteiger partial charge on any atom is -0.461 e. The molecule has 1 fully saturated rings. The third kappa shape index (κ3) is 6.50. The lowest BCUT2D eigenvalue weighted by molar-refractivity contribution is 0.0521. The summed E-state index contributed by atoms with van der Waals surface area (Å²) in [6.07, 6.45) is 6.35. The van der Waals surface area contributed by atoms with Crippen LogP contribution in [0.5, 0.6) is 0 Å². The van der Waals surface area contributed by atoms with Gasteiger partial charge in [0.15, 0.2) is 5.69 Å². The Bertz CT molecular complexity index is 1750. The maximum absolute atomic E-state index is 14.6. The zero-order chi connectivity index (χ0) is 31.2. The summed E-state index contributed by atoms with van der Waals surface area (Å²) in [5, 5.41) is 4.26. The van der Waals surface area contributed by atoms with Crippen LogP contribution in [-0.2, 0) is 9.47 Å². The topological polar surface area (TPSA) is 99.8 Å². The lowest BCUT2D eigenvalue weighted by Gasteiger charge is -2.28. The first-order chi connectivity index (χ1) is 21.3. The average Bonchev–Trinajstić information content (AvgIpc) is 3.42. The Morgan fingerprint density at radius 3 is 2.61 bits per heavy atom. The molecule has 10 heteroatoms. The summed E-state index contributed by atoms with van der Waals surface area (Å²) in [7, 11) is 3.86. The van der Waals surface area contributed by atoms with Crippen molar-refractivity contribution in [2.24, 2.45) is 0 Å². The molecule has 228 valence electrons.